The highest BCUT2D eigenvalue weighted by atomic mass is 16.5. The maximum Gasteiger partial charge on any atom is 0.328 e. The van der Waals surface area contributed by atoms with Gasteiger partial charge in [-0.05, 0) is 38.0 Å². The fourth-order valence-corrected chi connectivity index (χ4v) is 1.69. The predicted molar refractivity (Wildman–Crippen MR) is 75.6 cm³/mol. The number of rotatable bonds is 7. The number of benzene rings is 1. The van der Waals surface area contributed by atoms with Gasteiger partial charge in [0.05, 0.1) is 13.7 Å². The first kappa shape index (κ1) is 16.0. The topological polar surface area (TPSA) is 64.6 Å². The van der Waals surface area contributed by atoms with Crippen molar-refractivity contribution in [1.29, 1.82) is 0 Å². The van der Waals surface area contributed by atoms with Crippen molar-refractivity contribution in [2.75, 3.05) is 13.7 Å². The van der Waals surface area contributed by atoms with Crippen molar-refractivity contribution in [1.82, 2.24) is 5.32 Å². The van der Waals surface area contributed by atoms with Gasteiger partial charge in [0.15, 0.2) is 0 Å². The number of nitrogens with one attached hydrogen (secondary N) is 1. The van der Waals surface area contributed by atoms with E-state index in [0.717, 1.165) is 11.3 Å². The Kier molecular flexibility index (Phi) is 6.56. The van der Waals surface area contributed by atoms with E-state index >= 15 is 0 Å². The van der Waals surface area contributed by atoms with Crippen molar-refractivity contribution < 1.29 is 19.1 Å². The summed E-state index contributed by atoms with van der Waals surface area (Å²) < 4.78 is 9.89. The fourth-order valence-electron chi connectivity index (χ4n) is 1.69. The molecule has 0 aliphatic carbocycles. The summed E-state index contributed by atoms with van der Waals surface area (Å²) in [5.74, 6) is 0.209. The number of hydrogen-bond donors (Lipinski definition) is 1. The van der Waals surface area contributed by atoms with Gasteiger partial charge in [0.2, 0.25) is 5.91 Å². The molecule has 0 fully saturated rings. The van der Waals surface area contributed by atoms with Crippen molar-refractivity contribution >= 4 is 11.9 Å². The molecule has 0 aromatic heterocycles. The molecule has 1 aromatic carbocycles. The number of methoxy groups -OCH3 is 1. The highest BCUT2D eigenvalue weighted by Crippen LogP contribution is 2.12. The third kappa shape index (κ3) is 5.30. The van der Waals surface area contributed by atoms with Gasteiger partial charge in [0, 0.05) is 6.42 Å². The van der Waals surface area contributed by atoms with Crippen LogP contribution in [0, 0.1) is 0 Å². The molecule has 1 rings (SSSR count). The monoisotopic (exact) mass is 279 g/mol. The van der Waals surface area contributed by atoms with E-state index in [9.17, 15) is 9.59 Å². The number of esters is 1. The van der Waals surface area contributed by atoms with Crippen LogP contribution in [-0.2, 0) is 20.7 Å². The quantitative estimate of drug-likeness (QED) is 0.771. The molecule has 1 atom stereocenters. The Balaban J connectivity index is 2.37. The minimum Gasteiger partial charge on any atom is -0.497 e. The van der Waals surface area contributed by atoms with E-state index in [-0.39, 0.29) is 5.91 Å². The van der Waals surface area contributed by atoms with Crippen molar-refractivity contribution in [3.63, 3.8) is 0 Å². The minimum absolute atomic E-state index is 0.165. The lowest BCUT2D eigenvalue weighted by Crippen LogP contribution is -2.39. The summed E-state index contributed by atoms with van der Waals surface area (Å²) in [5, 5.41) is 2.62. The van der Waals surface area contributed by atoms with Crippen molar-refractivity contribution in [2.45, 2.75) is 32.7 Å². The van der Waals surface area contributed by atoms with Crippen molar-refractivity contribution in [3.8, 4) is 5.75 Å². The number of aryl methyl sites for hydroxylation is 1. The number of ether oxygens (including phenoxy) is 2. The van der Waals surface area contributed by atoms with Gasteiger partial charge in [-0.3, -0.25) is 4.79 Å². The molecular formula is C15H21NO4. The number of hydrogen-bond acceptors (Lipinski definition) is 4. The van der Waals surface area contributed by atoms with E-state index in [0.29, 0.717) is 19.4 Å². The molecule has 0 saturated carbocycles. The zero-order valence-electron chi connectivity index (χ0n) is 12.1. The highest BCUT2D eigenvalue weighted by Gasteiger charge is 2.16. The Labute approximate surface area is 119 Å². The molecular weight excluding hydrogens is 258 g/mol. The van der Waals surface area contributed by atoms with Crippen LogP contribution in [0.4, 0.5) is 0 Å². The largest absolute Gasteiger partial charge is 0.497 e. The molecule has 0 aliphatic rings. The zero-order valence-corrected chi connectivity index (χ0v) is 12.1. The lowest BCUT2D eigenvalue weighted by molar-refractivity contribution is -0.146. The Morgan fingerprint density at radius 3 is 2.45 bits per heavy atom. The summed E-state index contributed by atoms with van der Waals surface area (Å²) in [7, 11) is 1.61. The van der Waals surface area contributed by atoms with E-state index in [1.54, 1.807) is 21.0 Å². The number of amides is 1. The lowest BCUT2D eigenvalue weighted by Gasteiger charge is -2.12. The molecule has 1 amide bonds. The molecule has 0 bridgehead atoms. The third-order valence-corrected chi connectivity index (χ3v) is 2.82. The SMILES string of the molecule is CCOC(=O)[C@H](C)NC(=O)CCc1ccc(OC)cc1. The van der Waals surface area contributed by atoms with Crippen LogP contribution >= 0.6 is 0 Å². The molecule has 110 valence electrons. The Hall–Kier alpha value is -2.04. The lowest BCUT2D eigenvalue weighted by atomic mass is 10.1. The van der Waals surface area contributed by atoms with Gasteiger partial charge >= 0.3 is 5.97 Å². The van der Waals surface area contributed by atoms with Gasteiger partial charge in [0.25, 0.3) is 0 Å². The summed E-state index contributed by atoms with van der Waals surface area (Å²) in [6.07, 6.45) is 0.946. The first-order valence-corrected chi connectivity index (χ1v) is 6.65. The Bertz CT molecular complexity index is 442. The highest BCUT2D eigenvalue weighted by molar-refractivity contribution is 5.84. The molecule has 1 N–H and O–H groups in total. The molecule has 0 aliphatic heterocycles. The molecule has 0 unspecified atom stereocenters. The van der Waals surface area contributed by atoms with Crippen molar-refractivity contribution in [3.05, 3.63) is 29.8 Å². The predicted octanol–water partition coefficient (Wildman–Crippen LogP) is 1.70. The van der Waals surface area contributed by atoms with Crippen LogP contribution in [0.3, 0.4) is 0 Å². The van der Waals surface area contributed by atoms with Gasteiger partial charge in [-0.25, -0.2) is 4.79 Å². The van der Waals surface area contributed by atoms with Crippen LogP contribution in [0.2, 0.25) is 0 Å². The summed E-state index contributed by atoms with van der Waals surface area (Å²) in [5.41, 5.74) is 1.05. The molecule has 0 heterocycles. The average molecular weight is 279 g/mol. The van der Waals surface area contributed by atoms with Gasteiger partial charge in [-0.1, -0.05) is 12.1 Å². The Morgan fingerprint density at radius 2 is 1.90 bits per heavy atom. The summed E-state index contributed by atoms with van der Waals surface area (Å²) in [6, 6.07) is 6.93. The zero-order chi connectivity index (χ0) is 15.0. The minimum atomic E-state index is -0.613. The van der Waals surface area contributed by atoms with Crippen LogP contribution in [0.25, 0.3) is 0 Å². The van der Waals surface area contributed by atoms with Crippen LogP contribution < -0.4 is 10.1 Å². The second kappa shape index (κ2) is 8.19. The number of carbonyl (C=O) groups is 2. The van der Waals surface area contributed by atoms with Gasteiger partial charge in [-0.15, -0.1) is 0 Å². The Morgan fingerprint density at radius 1 is 1.25 bits per heavy atom. The first-order valence-electron chi connectivity index (χ1n) is 6.65. The van der Waals surface area contributed by atoms with Crippen LogP contribution in [0.1, 0.15) is 25.8 Å². The van der Waals surface area contributed by atoms with E-state index < -0.39 is 12.0 Å². The third-order valence-electron chi connectivity index (χ3n) is 2.82. The van der Waals surface area contributed by atoms with Crippen molar-refractivity contribution in [2.24, 2.45) is 0 Å². The number of carbonyl (C=O) groups excluding carboxylic acids is 2. The standard InChI is InChI=1S/C15H21NO4/c1-4-20-15(18)11(2)16-14(17)10-7-12-5-8-13(19-3)9-6-12/h5-6,8-9,11H,4,7,10H2,1-3H3,(H,16,17)/t11-/m0/s1. The molecule has 0 saturated heterocycles. The summed E-state index contributed by atoms with van der Waals surface area (Å²) in [6.45, 7) is 3.66. The van der Waals surface area contributed by atoms with Crippen LogP contribution in [0.15, 0.2) is 24.3 Å². The van der Waals surface area contributed by atoms with E-state index in [1.165, 1.54) is 0 Å². The molecule has 0 radical (unpaired) electrons. The van der Waals surface area contributed by atoms with Gasteiger partial charge in [-0.2, -0.15) is 0 Å². The molecule has 5 nitrogen and oxygen atoms in total. The molecule has 0 spiro atoms. The second-order valence-corrected chi connectivity index (χ2v) is 4.39. The summed E-state index contributed by atoms with van der Waals surface area (Å²) in [4.78, 5) is 23.1. The fraction of sp³-hybridized carbons (Fsp3) is 0.467. The molecule has 1 aromatic rings. The second-order valence-electron chi connectivity index (χ2n) is 4.39. The maximum atomic E-state index is 11.7. The maximum absolute atomic E-state index is 11.7. The normalized spacial score (nSPS) is 11.6. The van der Waals surface area contributed by atoms with Gasteiger partial charge in [0.1, 0.15) is 11.8 Å². The van der Waals surface area contributed by atoms with Crippen LogP contribution in [-0.4, -0.2) is 31.6 Å². The van der Waals surface area contributed by atoms with Crippen LogP contribution in [0.5, 0.6) is 5.75 Å². The van der Waals surface area contributed by atoms with Gasteiger partial charge < -0.3 is 14.8 Å². The smallest absolute Gasteiger partial charge is 0.328 e. The summed E-state index contributed by atoms with van der Waals surface area (Å²) >= 11 is 0. The first-order chi connectivity index (χ1) is 9.56. The van der Waals surface area contributed by atoms with E-state index in [4.69, 9.17) is 9.47 Å². The molecule has 20 heavy (non-hydrogen) atoms. The average Bonchev–Trinajstić information content (AvgIpc) is 2.45. The molecule has 5 heteroatoms. The van der Waals surface area contributed by atoms with E-state index in [1.807, 2.05) is 24.3 Å². The van der Waals surface area contributed by atoms with E-state index in [2.05, 4.69) is 5.32 Å².